The summed E-state index contributed by atoms with van der Waals surface area (Å²) in [5.41, 5.74) is 0.114. The van der Waals surface area contributed by atoms with Gasteiger partial charge < -0.3 is 20.5 Å². The van der Waals surface area contributed by atoms with Gasteiger partial charge in [0.1, 0.15) is 17.3 Å². The normalized spacial score (nSPS) is 12.1. The first kappa shape index (κ1) is 12.9. The number of phenols is 2. The molecule has 0 saturated heterocycles. The largest absolute Gasteiger partial charge is 0.508 e. The number of benzene rings is 1. The second-order valence-corrected chi connectivity index (χ2v) is 4.11. The van der Waals surface area contributed by atoms with Crippen molar-refractivity contribution in [3.8, 4) is 11.5 Å². The molecule has 1 aromatic heterocycles. The summed E-state index contributed by atoms with van der Waals surface area (Å²) < 4.78 is 0. The Morgan fingerprint density at radius 1 is 1.47 bits per heavy atom. The van der Waals surface area contributed by atoms with Crippen LogP contribution in [-0.4, -0.2) is 26.1 Å². The maximum atomic E-state index is 12.0. The molecule has 2 rings (SSSR count). The first-order valence-electron chi connectivity index (χ1n) is 5.94. The average molecular weight is 261 g/mol. The first-order valence-corrected chi connectivity index (χ1v) is 5.94. The zero-order valence-electron chi connectivity index (χ0n) is 10.4. The van der Waals surface area contributed by atoms with Gasteiger partial charge in [-0.1, -0.05) is 6.92 Å². The number of aromatic nitrogens is 2. The quantitative estimate of drug-likeness (QED) is 0.673. The molecule has 0 aliphatic carbocycles. The highest BCUT2D eigenvalue weighted by molar-refractivity contribution is 5.97. The minimum absolute atomic E-state index is 0.0906. The topological polar surface area (TPSA) is 98.2 Å². The van der Waals surface area contributed by atoms with Crippen molar-refractivity contribution in [2.24, 2.45) is 0 Å². The van der Waals surface area contributed by atoms with Crippen molar-refractivity contribution in [1.29, 1.82) is 0 Å². The van der Waals surface area contributed by atoms with Gasteiger partial charge in [-0.2, -0.15) is 0 Å². The number of nitrogens with one attached hydrogen (secondary N) is 2. The minimum Gasteiger partial charge on any atom is -0.508 e. The van der Waals surface area contributed by atoms with Gasteiger partial charge in [0.15, 0.2) is 0 Å². The summed E-state index contributed by atoms with van der Waals surface area (Å²) in [5, 5.41) is 21.6. The lowest BCUT2D eigenvalue weighted by Gasteiger charge is -2.15. The van der Waals surface area contributed by atoms with E-state index in [0.717, 1.165) is 6.07 Å². The number of hydrogen-bond acceptors (Lipinski definition) is 4. The van der Waals surface area contributed by atoms with E-state index in [1.165, 1.54) is 12.1 Å². The summed E-state index contributed by atoms with van der Waals surface area (Å²) in [7, 11) is 0. The number of carbonyl (C=O) groups excluding carboxylic acids is 1. The molecule has 1 atom stereocenters. The van der Waals surface area contributed by atoms with Crippen LogP contribution < -0.4 is 5.32 Å². The molecule has 2 aromatic rings. The van der Waals surface area contributed by atoms with Gasteiger partial charge >= 0.3 is 0 Å². The van der Waals surface area contributed by atoms with Crippen LogP contribution in [0.25, 0.3) is 0 Å². The van der Waals surface area contributed by atoms with Crippen LogP contribution in [0.4, 0.5) is 0 Å². The van der Waals surface area contributed by atoms with E-state index >= 15 is 0 Å². The number of H-pyrrole nitrogens is 1. The van der Waals surface area contributed by atoms with Crippen molar-refractivity contribution < 1.29 is 15.0 Å². The van der Waals surface area contributed by atoms with E-state index in [4.69, 9.17) is 0 Å². The molecule has 0 fully saturated rings. The molecule has 1 amide bonds. The Kier molecular flexibility index (Phi) is 3.70. The summed E-state index contributed by atoms with van der Waals surface area (Å²) >= 11 is 0. The van der Waals surface area contributed by atoms with Gasteiger partial charge in [-0.25, -0.2) is 4.98 Å². The maximum Gasteiger partial charge on any atom is 0.255 e. The Bertz CT molecular complexity index is 567. The minimum atomic E-state index is -0.416. The Morgan fingerprint density at radius 3 is 2.84 bits per heavy atom. The third-order valence-electron chi connectivity index (χ3n) is 2.79. The predicted molar refractivity (Wildman–Crippen MR) is 68.9 cm³/mol. The fourth-order valence-electron chi connectivity index (χ4n) is 1.78. The molecule has 0 bridgehead atoms. The number of carbonyl (C=O) groups is 1. The average Bonchev–Trinajstić information content (AvgIpc) is 2.89. The smallest absolute Gasteiger partial charge is 0.255 e. The third kappa shape index (κ3) is 2.85. The number of amides is 1. The second kappa shape index (κ2) is 5.43. The summed E-state index contributed by atoms with van der Waals surface area (Å²) in [5.74, 6) is -0.103. The van der Waals surface area contributed by atoms with Crippen LogP contribution in [0.2, 0.25) is 0 Å². The fraction of sp³-hybridized carbons (Fsp3) is 0.231. The summed E-state index contributed by atoms with van der Waals surface area (Å²) in [6.07, 6.45) is 3.96. The predicted octanol–water partition coefficient (Wildman–Crippen LogP) is 1.70. The monoisotopic (exact) mass is 261 g/mol. The number of rotatable bonds is 4. The number of nitrogens with zero attached hydrogens (tertiary/aromatic N) is 1. The fourth-order valence-corrected chi connectivity index (χ4v) is 1.78. The molecule has 0 saturated carbocycles. The Morgan fingerprint density at radius 2 is 2.26 bits per heavy atom. The molecule has 4 N–H and O–H groups in total. The summed E-state index contributed by atoms with van der Waals surface area (Å²) in [6.45, 7) is 1.92. The molecule has 0 aliphatic rings. The number of aromatic hydroxyl groups is 2. The van der Waals surface area contributed by atoms with Crippen molar-refractivity contribution in [1.82, 2.24) is 15.3 Å². The van der Waals surface area contributed by atoms with Gasteiger partial charge in [-0.15, -0.1) is 0 Å². The maximum absolute atomic E-state index is 12.0. The Hall–Kier alpha value is -2.50. The molecule has 0 aliphatic heterocycles. The molecule has 1 unspecified atom stereocenters. The van der Waals surface area contributed by atoms with Crippen LogP contribution in [0.1, 0.15) is 35.6 Å². The lowest BCUT2D eigenvalue weighted by molar-refractivity contribution is 0.0931. The van der Waals surface area contributed by atoms with E-state index in [1.807, 2.05) is 6.92 Å². The number of aromatic amines is 1. The molecule has 0 radical (unpaired) electrons. The van der Waals surface area contributed by atoms with Crippen LogP contribution >= 0.6 is 0 Å². The van der Waals surface area contributed by atoms with Gasteiger partial charge in [-0.05, 0) is 18.6 Å². The highest BCUT2D eigenvalue weighted by Crippen LogP contribution is 2.23. The van der Waals surface area contributed by atoms with E-state index in [9.17, 15) is 15.0 Å². The molecule has 0 spiro atoms. The number of phenolic OH excluding ortho intramolecular Hbond substituents is 2. The van der Waals surface area contributed by atoms with E-state index in [2.05, 4.69) is 15.3 Å². The van der Waals surface area contributed by atoms with Gasteiger partial charge in [0.25, 0.3) is 5.91 Å². The number of hydrogen-bond donors (Lipinski definition) is 4. The molecule has 100 valence electrons. The van der Waals surface area contributed by atoms with Crippen LogP contribution in [-0.2, 0) is 0 Å². The molecule has 19 heavy (non-hydrogen) atoms. The highest BCUT2D eigenvalue weighted by Gasteiger charge is 2.18. The van der Waals surface area contributed by atoms with Crippen LogP contribution in [0, 0.1) is 0 Å². The summed E-state index contributed by atoms with van der Waals surface area (Å²) in [4.78, 5) is 19.1. The van der Waals surface area contributed by atoms with E-state index in [-0.39, 0.29) is 23.1 Å². The Labute approximate surface area is 110 Å². The van der Waals surface area contributed by atoms with Crippen molar-refractivity contribution in [2.75, 3.05) is 0 Å². The lowest BCUT2D eigenvalue weighted by Crippen LogP contribution is -2.28. The third-order valence-corrected chi connectivity index (χ3v) is 2.79. The van der Waals surface area contributed by atoms with Crippen LogP contribution in [0.15, 0.2) is 30.6 Å². The van der Waals surface area contributed by atoms with Crippen molar-refractivity contribution >= 4 is 5.91 Å². The van der Waals surface area contributed by atoms with Crippen LogP contribution in [0.5, 0.6) is 11.5 Å². The van der Waals surface area contributed by atoms with Crippen molar-refractivity contribution in [3.63, 3.8) is 0 Å². The Balaban J connectivity index is 2.16. The zero-order chi connectivity index (χ0) is 13.8. The standard InChI is InChI=1S/C13H15N3O3/c1-2-10(12-14-5-6-15-12)16-13(19)9-4-3-8(17)7-11(9)18/h3-7,10,17-18H,2H2,1H3,(H,14,15)(H,16,19). The number of imidazole rings is 1. The van der Waals surface area contributed by atoms with Crippen molar-refractivity contribution in [3.05, 3.63) is 42.0 Å². The second-order valence-electron chi connectivity index (χ2n) is 4.11. The first-order chi connectivity index (χ1) is 9.11. The van der Waals surface area contributed by atoms with Gasteiger partial charge in [0.05, 0.1) is 11.6 Å². The SMILES string of the molecule is CCC(NC(=O)c1ccc(O)cc1O)c1ncc[nH]1. The van der Waals surface area contributed by atoms with Gasteiger partial charge in [-0.3, -0.25) is 4.79 Å². The molecule has 6 heteroatoms. The summed E-state index contributed by atoms with van der Waals surface area (Å²) in [6, 6.07) is 3.59. The van der Waals surface area contributed by atoms with Crippen LogP contribution in [0.3, 0.4) is 0 Å². The van der Waals surface area contributed by atoms with E-state index < -0.39 is 5.91 Å². The highest BCUT2D eigenvalue weighted by atomic mass is 16.3. The molecular weight excluding hydrogens is 246 g/mol. The van der Waals surface area contributed by atoms with E-state index in [1.54, 1.807) is 12.4 Å². The lowest BCUT2D eigenvalue weighted by atomic mass is 10.1. The molecule has 1 heterocycles. The molecule has 6 nitrogen and oxygen atoms in total. The van der Waals surface area contributed by atoms with Gasteiger partial charge in [0.2, 0.25) is 0 Å². The molecular formula is C13H15N3O3. The van der Waals surface area contributed by atoms with Crippen molar-refractivity contribution in [2.45, 2.75) is 19.4 Å². The zero-order valence-corrected chi connectivity index (χ0v) is 10.4. The molecule has 1 aromatic carbocycles. The van der Waals surface area contributed by atoms with E-state index in [0.29, 0.717) is 12.2 Å². The van der Waals surface area contributed by atoms with Gasteiger partial charge in [0, 0.05) is 18.5 Å².